The van der Waals surface area contributed by atoms with Crippen LogP contribution >= 0.6 is 0 Å². The topological polar surface area (TPSA) is 176 Å². The van der Waals surface area contributed by atoms with Gasteiger partial charge in [-0.25, -0.2) is 9.59 Å². The van der Waals surface area contributed by atoms with Crippen molar-refractivity contribution in [1.82, 2.24) is 10.6 Å². The molecule has 0 fully saturated rings. The summed E-state index contributed by atoms with van der Waals surface area (Å²) in [5, 5.41) is 20.7. The number of carbonyl (C=O) groups excluding carboxylic acids is 4. The van der Waals surface area contributed by atoms with Crippen LogP contribution in [-0.2, 0) is 33.5 Å². The van der Waals surface area contributed by atoms with Gasteiger partial charge in [-0.05, 0) is 0 Å². The number of amides is 2. The van der Waals surface area contributed by atoms with Gasteiger partial charge in [0.15, 0.2) is 0 Å². The molecule has 4 N–H and O–H groups in total. The maximum absolute atomic E-state index is 11.5. The lowest BCUT2D eigenvalue weighted by atomic mass is 10.2. The Kier molecular flexibility index (Phi) is 7.73. The second-order valence-electron chi connectivity index (χ2n) is 3.61. The average molecular weight is 304 g/mol. The Morgan fingerprint density at radius 2 is 1.19 bits per heavy atom. The first-order valence-electron chi connectivity index (χ1n) is 5.40. The van der Waals surface area contributed by atoms with Gasteiger partial charge in [-0.3, -0.25) is 19.2 Å². The largest absolute Gasteiger partial charge is 0.481 e. The fourth-order valence-corrected chi connectivity index (χ4v) is 1.18. The number of carboxylic acids is 2. The van der Waals surface area contributed by atoms with E-state index in [-0.39, 0.29) is 12.8 Å². The van der Waals surface area contributed by atoms with Crippen molar-refractivity contribution in [2.24, 2.45) is 0 Å². The molecule has 0 aliphatic heterocycles. The summed E-state index contributed by atoms with van der Waals surface area (Å²) in [6, 6.07) is -3.24. The van der Waals surface area contributed by atoms with E-state index < -0.39 is 48.8 Å². The monoisotopic (exact) mass is 304 g/mol. The fraction of sp³-hybridized carbons (Fsp3) is 0.400. The Bertz CT molecular complexity index is 408. The van der Waals surface area contributed by atoms with Crippen LogP contribution in [0.1, 0.15) is 12.8 Å². The molecule has 0 aliphatic rings. The molecule has 0 rings (SSSR count). The van der Waals surface area contributed by atoms with Crippen LogP contribution in [0, 0.1) is 0 Å². The number of hydrogen-bond donors (Lipinski definition) is 4. The summed E-state index contributed by atoms with van der Waals surface area (Å²) in [6.45, 7) is 0. The molecule has 0 heterocycles. The van der Waals surface area contributed by atoms with E-state index in [0.717, 1.165) is 0 Å². The third kappa shape index (κ3) is 7.25. The van der Waals surface area contributed by atoms with Crippen LogP contribution in [-0.4, -0.2) is 59.0 Å². The van der Waals surface area contributed by atoms with E-state index in [9.17, 15) is 28.8 Å². The second kappa shape index (κ2) is 9.01. The van der Waals surface area contributed by atoms with Crippen molar-refractivity contribution in [2.45, 2.75) is 24.9 Å². The smallest absolute Gasteiger partial charge is 0.336 e. The number of aliphatic carboxylic acids is 2. The van der Waals surface area contributed by atoms with Crippen LogP contribution in [0.4, 0.5) is 0 Å². The SMILES string of the molecule is O=CNC(CC(=O)O)C(=O)OC(=O)C(CC(=O)O)NC=O. The number of nitrogens with one attached hydrogen (secondary N) is 2. The summed E-state index contributed by atoms with van der Waals surface area (Å²) in [5.41, 5.74) is 0. The Balaban J connectivity index is 4.78. The van der Waals surface area contributed by atoms with E-state index in [1.54, 1.807) is 0 Å². The van der Waals surface area contributed by atoms with Crippen LogP contribution < -0.4 is 10.6 Å². The van der Waals surface area contributed by atoms with Crippen molar-refractivity contribution in [1.29, 1.82) is 0 Å². The molecule has 0 radical (unpaired) electrons. The molecule has 116 valence electrons. The lowest BCUT2D eigenvalue weighted by Gasteiger charge is -2.15. The second-order valence-corrected chi connectivity index (χ2v) is 3.61. The van der Waals surface area contributed by atoms with Gasteiger partial charge in [-0.2, -0.15) is 0 Å². The first kappa shape index (κ1) is 18.0. The molecule has 2 unspecified atom stereocenters. The number of ether oxygens (including phenoxy) is 1. The Labute approximate surface area is 117 Å². The van der Waals surface area contributed by atoms with Gasteiger partial charge in [0, 0.05) is 0 Å². The summed E-state index contributed by atoms with van der Waals surface area (Å²) in [5.74, 6) is -5.66. The van der Waals surface area contributed by atoms with Crippen LogP contribution in [0.25, 0.3) is 0 Å². The molecule has 21 heavy (non-hydrogen) atoms. The molecule has 0 spiro atoms. The van der Waals surface area contributed by atoms with Gasteiger partial charge in [0.2, 0.25) is 12.8 Å². The van der Waals surface area contributed by atoms with Crippen LogP contribution in [0.15, 0.2) is 0 Å². The quantitative estimate of drug-likeness (QED) is 0.189. The lowest BCUT2D eigenvalue weighted by molar-refractivity contribution is -0.166. The third-order valence-electron chi connectivity index (χ3n) is 2.07. The van der Waals surface area contributed by atoms with E-state index in [2.05, 4.69) is 4.74 Å². The summed E-state index contributed by atoms with van der Waals surface area (Å²) in [4.78, 5) is 64.4. The predicted octanol–water partition coefficient (Wildman–Crippen LogP) is -2.77. The van der Waals surface area contributed by atoms with E-state index in [1.807, 2.05) is 10.6 Å². The molecule has 0 aromatic heterocycles. The first-order chi connectivity index (χ1) is 9.81. The maximum atomic E-state index is 11.5. The summed E-state index contributed by atoms with van der Waals surface area (Å²) < 4.78 is 4.23. The van der Waals surface area contributed by atoms with Crippen molar-refractivity contribution in [2.75, 3.05) is 0 Å². The molecular weight excluding hydrogens is 292 g/mol. The fourth-order valence-electron chi connectivity index (χ4n) is 1.18. The minimum Gasteiger partial charge on any atom is -0.481 e. The first-order valence-corrected chi connectivity index (χ1v) is 5.40. The Morgan fingerprint density at radius 3 is 1.43 bits per heavy atom. The molecule has 2 atom stereocenters. The van der Waals surface area contributed by atoms with Crippen molar-refractivity contribution in [3.05, 3.63) is 0 Å². The highest BCUT2D eigenvalue weighted by molar-refractivity contribution is 5.95. The molecular formula is C10H12N2O9. The Hall–Kier alpha value is -2.98. The highest BCUT2D eigenvalue weighted by Gasteiger charge is 2.29. The van der Waals surface area contributed by atoms with Gasteiger partial charge in [-0.15, -0.1) is 0 Å². The Morgan fingerprint density at radius 1 is 0.857 bits per heavy atom. The van der Waals surface area contributed by atoms with Gasteiger partial charge in [0.25, 0.3) is 0 Å². The van der Waals surface area contributed by atoms with E-state index >= 15 is 0 Å². The molecule has 0 bridgehead atoms. The van der Waals surface area contributed by atoms with E-state index in [1.165, 1.54) is 0 Å². The molecule has 0 saturated carbocycles. The zero-order valence-electron chi connectivity index (χ0n) is 10.5. The van der Waals surface area contributed by atoms with Crippen LogP contribution in [0.2, 0.25) is 0 Å². The van der Waals surface area contributed by atoms with Crippen molar-refractivity contribution in [3.63, 3.8) is 0 Å². The molecule has 0 saturated heterocycles. The van der Waals surface area contributed by atoms with Gasteiger partial charge in [0.05, 0.1) is 12.8 Å². The lowest BCUT2D eigenvalue weighted by Crippen LogP contribution is -2.44. The minimum absolute atomic E-state index is 0.0394. The minimum atomic E-state index is -1.62. The highest BCUT2D eigenvalue weighted by Crippen LogP contribution is 2.01. The highest BCUT2D eigenvalue weighted by atomic mass is 16.6. The molecule has 0 aromatic carbocycles. The molecule has 11 heteroatoms. The van der Waals surface area contributed by atoms with Crippen LogP contribution in [0.3, 0.4) is 0 Å². The van der Waals surface area contributed by atoms with E-state index in [4.69, 9.17) is 10.2 Å². The van der Waals surface area contributed by atoms with Gasteiger partial charge in [0.1, 0.15) is 12.1 Å². The summed E-state index contributed by atoms with van der Waals surface area (Å²) in [7, 11) is 0. The average Bonchev–Trinajstić information content (AvgIpc) is 2.36. The summed E-state index contributed by atoms with van der Waals surface area (Å²) in [6.07, 6.45) is -1.60. The zero-order chi connectivity index (χ0) is 16.4. The number of carbonyl (C=O) groups is 6. The van der Waals surface area contributed by atoms with Crippen molar-refractivity contribution >= 4 is 36.7 Å². The zero-order valence-corrected chi connectivity index (χ0v) is 10.5. The van der Waals surface area contributed by atoms with Crippen molar-refractivity contribution in [3.8, 4) is 0 Å². The van der Waals surface area contributed by atoms with Crippen molar-refractivity contribution < 1.29 is 43.7 Å². The number of carboxylic acid groups (broad SMARTS) is 2. The van der Waals surface area contributed by atoms with Gasteiger partial charge >= 0.3 is 23.9 Å². The van der Waals surface area contributed by atoms with Gasteiger partial charge < -0.3 is 25.6 Å². The van der Waals surface area contributed by atoms with E-state index in [0.29, 0.717) is 0 Å². The molecule has 2 amide bonds. The summed E-state index contributed by atoms with van der Waals surface area (Å²) >= 11 is 0. The maximum Gasteiger partial charge on any atom is 0.336 e. The molecule has 11 nitrogen and oxygen atoms in total. The number of esters is 2. The normalized spacial score (nSPS) is 12.4. The number of hydrogen-bond acceptors (Lipinski definition) is 7. The van der Waals surface area contributed by atoms with Gasteiger partial charge in [-0.1, -0.05) is 0 Å². The predicted molar refractivity (Wildman–Crippen MR) is 61.6 cm³/mol. The third-order valence-corrected chi connectivity index (χ3v) is 2.07. The number of rotatable bonds is 10. The molecule has 0 aliphatic carbocycles. The standard InChI is InChI=1S/C10H12N2O9/c13-3-11-5(1-7(15)16)9(19)21-10(20)6(12-4-14)2-8(17)18/h3-6H,1-2H2,(H,11,13)(H,12,14)(H,15,16)(H,17,18). The van der Waals surface area contributed by atoms with Crippen LogP contribution in [0.5, 0.6) is 0 Å². The molecule has 0 aromatic rings.